The molecule has 0 saturated heterocycles. The van der Waals surface area contributed by atoms with Gasteiger partial charge in [0.05, 0.1) is 11.2 Å². The minimum absolute atomic E-state index is 0.382. The van der Waals surface area contributed by atoms with E-state index in [1.807, 2.05) is 39.8 Å². The SMILES string of the molecule is CC1=CC(C)(O)CC=C1Cc1cc(CCCCCCC(C)C)cc(CC2=CCC(C)(O)C=C2C)c1O. The summed E-state index contributed by atoms with van der Waals surface area (Å²) in [7, 11) is 0. The zero-order valence-corrected chi connectivity index (χ0v) is 23.5. The van der Waals surface area contributed by atoms with Gasteiger partial charge in [0.1, 0.15) is 5.75 Å². The highest BCUT2D eigenvalue weighted by atomic mass is 16.3. The first-order chi connectivity index (χ1) is 16.8. The Balaban J connectivity index is 1.81. The fourth-order valence-corrected chi connectivity index (χ4v) is 5.53. The monoisotopic (exact) mass is 492 g/mol. The third-order valence-electron chi connectivity index (χ3n) is 7.68. The molecule has 0 fully saturated rings. The van der Waals surface area contributed by atoms with Gasteiger partial charge in [0, 0.05) is 12.8 Å². The van der Waals surface area contributed by atoms with E-state index in [1.165, 1.54) is 42.4 Å². The van der Waals surface area contributed by atoms with Crippen molar-refractivity contribution >= 4 is 0 Å². The summed E-state index contributed by atoms with van der Waals surface area (Å²) in [5.74, 6) is 1.16. The minimum atomic E-state index is -0.795. The van der Waals surface area contributed by atoms with Crippen molar-refractivity contribution in [3.63, 3.8) is 0 Å². The minimum Gasteiger partial charge on any atom is -0.507 e. The zero-order chi connectivity index (χ0) is 26.5. The molecule has 2 unspecified atom stereocenters. The Morgan fingerprint density at radius 3 is 1.69 bits per heavy atom. The van der Waals surface area contributed by atoms with Gasteiger partial charge in [-0.3, -0.25) is 0 Å². The van der Waals surface area contributed by atoms with E-state index in [0.717, 1.165) is 41.0 Å². The van der Waals surface area contributed by atoms with Crippen LogP contribution in [0.5, 0.6) is 5.75 Å². The molecule has 36 heavy (non-hydrogen) atoms. The molecule has 3 N–H and O–H groups in total. The average Bonchev–Trinajstić information content (AvgIpc) is 2.76. The van der Waals surface area contributed by atoms with Gasteiger partial charge in [-0.25, -0.2) is 0 Å². The summed E-state index contributed by atoms with van der Waals surface area (Å²) in [5, 5.41) is 32.2. The molecule has 198 valence electrons. The normalized spacial score (nSPS) is 24.4. The van der Waals surface area contributed by atoms with Gasteiger partial charge >= 0.3 is 0 Å². The lowest BCUT2D eigenvalue weighted by molar-refractivity contribution is 0.112. The maximum absolute atomic E-state index is 11.4. The van der Waals surface area contributed by atoms with Crippen LogP contribution in [0, 0.1) is 5.92 Å². The molecular formula is C33H48O3. The summed E-state index contributed by atoms with van der Waals surface area (Å²) in [6.07, 6.45) is 18.0. The lowest BCUT2D eigenvalue weighted by Gasteiger charge is -2.26. The standard InChI is InChI=1S/C33H48O3/c1-23(2)11-9-7-8-10-12-26-17-29(19-27-13-15-32(5,35)21-24(27)3)31(34)30(18-26)20-28-14-16-33(6,36)22-25(28)4/h13-14,17-18,21-23,34-36H,7-12,15-16,19-20H2,1-6H3. The zero-order valence-electron chi connectivity index (χ0n) is 23.5. The van der Waals surface area contributed by atoms with Crippen LogP contribution in [0.4, 0.5) is 0 Å². The van der Waals surface area contributed by atoms with Gasteiger partial charge in [-0.2, -0.15) is 0 Å². The second kappa shape index (κ2) is 12.0. The summed E-state index contributed by atoms with van der Waals surface area (Å²) >= 11 is 0. The number of benzene rings is 1. The topological polar surface area (TPSA) is 60.7 Å². The van der Waals surface area contributed by atoms with Crippen molar-refractivity contribution in [1.29, 1.82) is 0 Å². The van der Waals surface area contributed by atoms with E-state index in [1.54, 1.807) is 0 Å². The largest absolute Gasteiger partial charge is 0.507 e. The van der Waals surface area contributed by atoms with E-state index in [-0.39, 0.29) is 0 Å². The number of hydrogen-bond donors (Lipinski definition) is 3. The van der Waals surface area contributed by atoms with Crippen LogP contribution >= 0.6 is 0 Å². The molecule has 3 nitrogen and oxygen atoms in total. The smallest absolute Gasteiger partial charge is 0.122 e. The van der Waals surface area contributed by atoms with Gasteiger partial charge in [-0.05, 0) is 110 Å². The van der Waals surface area contributed by atoms with Crippen LogP contribution < -0.4 is 0 Å². The van der Waals surface area contributed by atoms with E-state index >= 15 is 0 Å². The van der Waals surface area contributed by atoms with Crippen molar-refractivity contribution in [2.75, 3.05) is 0 Å². The van der Waals surface area contributed by atoms with Crippen molar-refractivity contribution < 1.29 is 15.3 Å². The molecule has 2 aliphatic rings. The highest BCUT2D eigenvalue weighted by Crippen LogP contribution is 2.36. The summed E-state index contributed by atoms with van der Waals surface area (Å²) < 4.78 is 0. The first-order valence-corrected chi connectivity index (χ1v) is 13.9. The number of unbranched alkanes of at least 4 members (excludes halogenated alkanes) is 3. The molecule has 0 aromatic heterocycles. The Morgan fingerprint density at radius 1 is 0.778 bits per heavy atom. The summed E-state index contributed by atoms with van der Waals surface area (Å²) in [6.45, 7) is 12.4. The predicted molar refractivity (Wildman–Crippen MR) is 151 cm³/mol. The number of allylic oxidation sites excluding steroid dienone is 4. The van der Waals surface area contributed by atoms with Gasteiger partial charge in [0.15, 0.2) is 0 Å². The lowest BCUT2D eigenvalue weighted by Crippen LogP contribution is -2.23. The Labute approximate surface area is 219 Å². The Morgan fingerprint density at radius 2 is 1.25 bits per heavy atom. The van der Waals surface area contributed by atoms with Gasteiger partial charge in [0.2, 0.25) is 0 Å². The number of phenols is 1. The van der Waals surface area contributed by atoms with E-state index in [0.29, 0.717) is 31.4 Å². The first kappa shape index (κ1) is 28.5. The third kappa shape index (κ3) is 8.21. The first-order valence-electron chi connectivity index (χ1n) is 13.9. The number of rotatable bonds is 11. The predicted octanol–water partition coefficient (Wildman–Crippen LogP) is 7.68. The molecule has 0 amide bonds. The summed E-state index contributed by atoms with van der Waals surface area (Å²) in [6, 6.07) is 4.38. The number of aromatic hydroxyl groups is 1. The van der Waals surface area contributed by atoms with Crippen molar-refractivity contribution in [1.82, 2.24) is 0 Å². The van der Waals surface area contributed by atoms with Gasteiger partial charge in [0.25, 0.3) is 0 Å². The highest BCUT2D eigenvalue weighted by Gasteiger charge is 2.24. The van der Waals surface area contributed by atoms with E-state index in [4.69, 9.17) is 0 Å². The fourth-order valence-electron chi connectivity index (χ4n) is 5.53. The van der Waals surface area contributed by atoms with Crippen LogP contribution in [0.1, 0.15) is 103 Å². The lowest BCUT2D eigenvalue weighted by atomic mass is 9.83. The Bertz CT molecular complexity index is 976. The number of aryl methyl sites for hydroxylation is 1. The second-order valence-corrected chi connectivity index (χ2v) is 12.2. The molecule has 0 aliphatic heterocycles. The molecule has 0 heterocycles. The molecule has 2 atom stereocenters. The molecule has 2 aliphatic carbocycles. The third-order valence-corrected chi connectivity index (χ3v) is 7.68. The molecule has 0 bridgehead atoms. The molecule has 0 radical (unpaired) electrons. The van der Waals surface area contributed by atoms with Crippen LogP contribution in [0.15, 0.2) is 58.7 Å². The maximum atomic E-state index is 11.4. The van der Waals surface area contributed by atoms with E-state index < -0.39 is 11.2 Å². The molecule has 1 aromatic rings. The van der Waals surface area contributed by atoms with Crippen molar-refractivity contribution in [2.45, 2.75) is 117 Å². The van der Waals surface area contributed by atoms with Crippen LogP contribution in [0.25, 0.3) is 0 Å². The van der Waals surface area contributed by atoms with Gasteiger partial charge < -0.3 is 15.3 Å². The highest BCUT2D eigenvalue weighted by molar-refractivity contribution is 5.51. The van der Waals surface area contributed by atoms with E-state index in [2.05, 4.69) is 38.1 Å². The summed E-state index contributed by atoms with van der Waals surface area (Å²) in [4.78, 5) is 0. The second-order valence-electron chi connectivity index (χ2n) is 12.2. The van der Waals surface area contributed by atoms with E-state index in [9.17, 15) is 15.3 Å². The van der Waals surface area contributed by atoms with Crippen LogP contribution in [-0.2, 0) is 19.3 Å². The molecule has 3 heteroatoms. The average molecular weight is 493 g/mol. The molecule has 0 saturated carbocycles. The molecule has 0 spiro atoms. The summed E-state index contributed by atoms with van der Waals surface area (Å²) in [5.41, 5.74) is 6.15. The maximum Gasteiger partial charge on any atom is 0.122 e. The molecule has 3 rings (SSSR count). The number of hydrogen-bond acceptors (Lipinski definition) is 3. The molecular weight excluding hydrogens is 444 g/mol. The van der Waals surface area contributed by atoms with Gasteiger partial charge in [-0.1, -0.05) is 63.8 Å². The van der Waals surface area contributed by atoms with Crippen molar-refractivity contribution in [3.8, 4) is 5.75 Å². The Hall–Kier alpha value is -2.10. The van der Waals surface area contributed by atoms with Crippen molar-refractivity contribution in [2.24, 2.45) is 5.92 Å². The number of aliphatic hydroxyl groups is 2. The quantitative estimate of drug-likeness (QED) is 0.278. The van der Waals surface area contributed by atoms with Gasteiger partial charge in [-0.15, -0.1) is 0 Å². The van der Waals surface area contributed by atoms with Crippen LogP contribution in [0.3, 0.4) is 0 Å². The number of phenolic OH excluding ortho intramolecular Hbond substituents is 1. The van der Waals surface area contributed by atoms with Crippen LogP contribution in [0.2, 0.25) is 0 Å². The Kier molecular flexibility index (Phi) is 9.46. The molecule has 1 aromatic carbocycles. The van der Waals surface area contributed by atoms with Crippen molar-refractivity contribution in [3.05, 3.63) is 75.4 Å². The fraction of sp³-hybridized carbons (Fsp3) is 0.576. The van der Waals surface area contributed by atoms with Crippen LogP contribution in [-0.4, -0.2) is 26.5 Å².